The molecule has 7 heteroatoms. The molecule has 7 nitrogen and oxygen atoms in total. The molecule has 2 saturated heterocycles. The van der Waals surface area contributed by atoms with E-state index < -0.39 is 0 Å². The lowest BCUT2D eigenvalue weighted by atomic mass is 9.82. The second-order valence-electron chi connectivity index (χ2n) is 6.98. The van der Waals surface area contributed by atoms with Gasteiger partial charge in [0.2, 0.25) is 5.91 Å². The van der Waals surface area contributed by atoms with Gasteiger partial charge in [-0.25, -0.2) is 0 Å². The molecule has 0 aliphatic carbocycles. The van der Waals surface area contributed by atoms with Gasteiger partial charge in [0.15, 0.2) is 0 Å². The van der Waals surface area contributed by atoms with Gasteiger partial charge in [0.25, 0.3) is 5.91 Å². The van der Waals surface area contributed by atoms with Crippen LogP contribution in [0.2, 0.25) is 0 Å². The Morgan fingerprint density at radius 1 is 1.32 bits per heavy atom. The van der Waals surface area contributed by atoms with Crippen LogP contribution in [0.5, 0.6) is 0 Å². The van der Waals surface area contributed by atoms with E-state index in [1.54, 1.807) is 29.2 Å². The van der Waals surface area contributed by atoms with Crippen molar-refractivity contribution in [3.8, 4) is 0 Å². The highest BCUT2D eigenvalue weighted by Crippen LogP contribution is 2.39. The summed E-state index contributed by atoms with van der Waals surface area (Å²) in [7, 11) is 1.85. The van der Waals surface area contributed by atoms with Gasteiger partial charge in [-0.2, -0.15) is 5.10 Å². The Labute approximate surface area is 146 Å². The molecule has 1 atom stereocenters. The summed E-state index contributed by atoms with van der Waals surface area (Å²) in [5, 5.41) is 7.37. The Balaban J connectivity index is 1.43. The van der Waals surface area contributed by atoms with Crippen molar-refractivity contribution in [2.45, 2.75) is 30.7 Å². The summed E-state index contributed by atoms with van der Waals surface area (Å²) in [4.78, 5) is 30.9. The van der Waals surface area contributed by atoms with Crippen LogP contribution < -0.4 is 5.32 Å². The zero-order valence-electron chi connectivity index (χ0n) is 14.2. The fourth-order valence-electron chi connectivity index (χ4n) is 3.89. The van der Waals surface area contributed by atoms with E-state index >= 15 is 0 Å². The molecule has 2 fully saturated rings. The van der Waals surface area contributed by atoms with E-state index in [4.69, 9.17) is 0 Å². The molecule has 1 unspecified atom stereocenters. The molecule has 0 saturated carbocycles. The fourth-order valence-corrected chi connectivity index (χ4v) is 3.89. The van der Waals surface area contributed by atoms with Gasteiger partial charge in [-0.15, -0.1) is 0 Å². The predicted molar refractivity (Wildman–Crippen MR) is 90.8 cm³/mol. The molecule has 0 bridgehead atoms. The number of amides is 2. The normalized spacial score (nSPS) is 22.2. The highest BCUT2D eigenvalue weighted by molar-refractivity contribution is 5.92. The Bertz CT molecular complexity index is 793. The fraction of sp³-hybridized carbons (Fsp3) is 0.444. The van der Waals surface area contributed by atoms with Gasteiger partial charge in [0.1, 0.15) is 5.69 Å². The molecule has 0 radical (unpaired) electrons. The van der Waals surface area contributed by atoms with E-state index in [1.165, 1.54) is 0 Å². The van der Waals surface area contributed by atoms with Gasteiger partial charge in [-0.1, -0.05) is 6.07 Å². The molecule has 2 aromatic rings. The van der Waals surface area contributed by atoms with E-state index in [1.807, 2.05) is 24.2 Å². The minimum absolute atomic E-state index is 0.0383. The number of aryl methyl sites for hydroxylation is 1. The van der Waals surface area contributed by atoms with Gasteiger partial charge in [-0.3, -0.25) is 19.3 Å². The van der Waals surface area contributed by atoms with Crippen LogP contribution >= 0.6 is 0 Å². The largest absolute Gasteiger partial charge is 0.350 e. The lowest BCUT2D eigenvalue weighted by Gasteiger charge is -2.39. The maximum Gasteiger partial charge on any atom is 0.272 e. The topological polar surface area (TPSA) is 80.1 Å². The number of aromatic nitrogens is 3. The first-order chi connectivity index (χ1) is 12.1. The molecule has 2 aromatic heterocycles. The van der Waals surface area contributed by atoms with Crippen molar-refractivity contribution in [2.75, 3.05) is 13.1 Å². The number of nitrogens with one attached hydrogen (secondary N) is 1. The van der Waals surface area contributed by atoms with Crippen molar-refractivity contribution in [1.29, 1.82) is 0 Å². The molecule has 2 aliphatic rings. The third-order valence-electron chi connectivity index (χ3n) is 5.32. The number of pyridine rings is 1. The van der Waals surface area contributed by atoms with E-state index in [0.29, 0.717) is 18.8 Å². The Morgan fingerprint density at radius 2 is 2.12 bits per heavy atom. The smallest absolute Gasteiger partial charge is 0.272 e. The zero-order chi connectivity index (χ0) is 17.4. The summed E-state index contributed by atoms with van der Waals surface area (Å²) in [5.41, 5.74) is 1.23. The highest BCUT2D eigenvalue weighted by Gasteiger charge is 2.47. The Hall–Kier alpha value is -2.70. The molecule has 4 heterocycles. The van der Waals surface area contributed by atoms with Crippen LogP contribution in [0.1, 0.15) is 41.2 Å². The molecule has 1 spiro atoms. The van der Waals surface area contributed by atoms with Crippen molar-refractivity contribution in [3.63, 3.8) is 0 Å². The van der Waals surface area contributed by atoms with Gasteiger partial charge >= 0.3 is 0 Å². The number of nitrogens with zero attached hydrogens (tertiary/aromatic N) is 4. The molecule has 0 aromatic carbocycles. The van der Waals surface area contributed by atoms with Crippen molar-refractivity contribution in [3.05, 3.63) is 48.0 Å². The average Bonchev–Trinajstić information content (AvgIpc) is 3.19. The van der Waals surface area contributed by atoms with Gasteiger partial charge < -0.3 is 10.2 Å². The van der Waals surface area contributed by atoms with Crippen LogP contribution in [0.3, 0.4) is 0 Å². The van der Waals surface area contributed by atoms with E-state index in [9.17, 15) is 9.59 Å². The van der Waals surface area contributed by atoms with Crippen molar-refractivity contribution >= 4 is 11.8 Å². The maximum atomic E-state index is 12.5. The summed E-state index contributed by atoms with van der Waals surface area (Å²) in [6, 6.07) is 5.36. The summed E-state index contributed by atoms with van der Waals surface area (Å²) in [6.45, 7) is 1.27. The van der Waals surface area contributed by atoms with Crippen molar-refractivity contribution in [1.82, 2.24) is 25.0 Å². The van der Waals surface area contributed by atoms with Crippen LogP contribution in [0, 0.1) is 0 Å². The monoisotopic (exact) mass is 339 g/mol. The maximum absolute atomic E-state index is 12.5. The molecular formula is C18H21N5O2. The minimum atomic E-state index is -0.210. The summed E-state index contributed by atoms with van der Waals surface area (Å²) < 4.78 is 1.72. The van der Waals surface area contributed by atoms with Gasteiger partial charge in [0, 0.05) is 43.6 Å². The van der Waals surface area contributed by atoms with Gasteiger partial charge in [-0.05, 0) is 31.4 Å². The number of hydrogen-bond donors (Lipinski definition) is 1. The standard InChI is InChI=1S/C18H21N5O2/c1-22-12-13(11-20-22)14-10-18(21-16(14)24)5-8-23(9-6-18)17(25)15-4-2-3-7-19-15/h2-4,7,11-12,14H,5-6,8-10H2,1H3,(H,21,24). The third-order valence-corrected chi connectivity index (χ3v) is 5.32. The highest BCUT2D eigenvalue weighted by atomic mass is 16.2. The average molecular weight is 339 g/mol. The number of rotatable bonds is 2. The summed E-state index contributed by atoms with van der Waals surface area (Å²) in [5.74, 6) is -0.118. The number of carbonyl (C=O) groups is 2. The second-order valence-corrected chi connectivity index (χ2v) is 6.98. The van der Waals surface area contributed by atoms with Crippen LogP contribution in [0.4, 0.5) is 0 Å². The Kier molecular flexibility index (Phi) is 3.78. The predicted octanol–water partition coefficient (Wildman–Crippen LogP) is 1.09. The van der Waals surface area contributed by atoms with E-state index in [0.717, 1.165) is 24.8 Å². The summed E-state index contributed by atoms with van der Waals surface area (Å²) >= 11 is 0. The molecule has 25 heavy (non-hydrogen) atoms. The lowest BCUT2D eigenvalue weighted by molar-refractivity contribution is -0.121. The van der Waals surface area contributed by atoms with Crippen LogP contribution in [0.15, 0.2) is 36.8 Å². The third kappa shape index (κ3) is 2.90. The molecule has 4 rings (SSSR count). The van der Waals surface area contributed by atoms with Gasteiger partial charge in [0.05, 0.1) is 12.1 Å². The number of likely N-dealkylation sites (tertiary alicyclic amines) is 1. The number of carbonyl (C=O) groups excluding carboxylic acids is 2. The van der Waals surface area contributed by atoms with Crippen molar-refractivity contribution < 1.29 is 9.59 Å². The molecule has 1 N–H and O–H groups in total. The first kappa shape index (κ1) is 15.8. The molecule has 130 valence electrons. The lowest BCUT2D eigenvalue weighted by Crippen LogP contribution is -2.52. The zero-order valence-corrected chi connectivity index (χ0v) is 14.2. The minimum Gasteiger partial charge on any atom is -0.350 e. The van der Waals surface area contributed by atoms with Crippen molar-refractivity contribution in [2.24, 2.45) is 7.05 Å². The number of piperidine rings is 1. The van der Waals surface area contributed by atoms with Crippen LogP contribution in [0.25, 0.3) is 0 Å². The SMILES string of the molecule is Cn1cc(C2CC3(CCN(C(=O)c4ccccn4)CC3)NC2=O)cn1. The summed E-state index contributed by atoms with van der Waals surface area (Å²) in [6.07, 6.45) is 7.62. The van der Waals surface area contributed by atoms with Crippen LogP contribution in [-0.4, -0.2) is 50.1 Å². The van der Waals surface area contributed by atoms with E-state index in [-0.39, 0.29) is 23.3 Å². The van der Waals surface area contributed by atoms with Crippen LogP contribution in [-0.2, 0) is 11.8 Å². The molecule has 2 aliphatic heterocycles. The number of hydrogen-bond acceptors (Lipinski definition) is 4. The quantitative estimate of drug-likeness (QED) is 0.888. The molecule has 2 amide bonds. The second kappa shape index (κ2) is 5.98. The molecular weight excluding hydrogens is 318 g/mol. The first-order valence-electron chi connectivity index (χ1n) is 8.57. The first-order valence-corrected chi connectivity index (χ1v) is 8.57. The Morgan fingerprint density at radius 3 is 2.76 bits per heavy atom. The van der Waals surface area contributed by atoms with E-state index in [2.05, 4.69) is 15.4 Å².